The van der Waals surface area contributed by atoms with Gasteiger partial charge in [0.2, 0.25) is 0 Å². The molecular weight excluding hydrogens is 308 g/mol. The molecule has 0 aromatic carbocycles. The minimum Gasteiger partial charge on any atom is -0.348 e. The lowest BCUT2D eigenvalue weighted by Gasteiger charge is -2.43. The number of nitrogens with one attached hydrogen (secondary N) is 1. The summed E-state index contributed by atoms with van der Waals surface area (Å²) in [5.74, 6) is 0.833. The molecule has 2 aromatic rings. The molecule has 1 fully saturated rings. The molecule has 2 aliphatic heterocycles. The summed E-state index contributed by atoms with van der Waals surface area (Å²) in [6.45, 7) is 2.53. The van der Waals surface area contributed by atoms with Crippen LogP contribution in [0.25, 0.3) is 0 Å². The second kappa shape index (κ2) is 5.77. The first-order chi connectivity index (χ1) is 11.2. The van der Waals surface area contributed by atoms with E-state index in [-0.39, 0.29) is 5.56 Å². The minimum atomic E-state index is 0.113. The Labute approximate surface area is 140 Å². The van der Waals surface area contributed by atoms with Crippen molar-refractivity contribution in [2.45, 2.75) is 18.9 Å². The molecule has 1 N–H and O–H groups in total. The third kappa shape index (κ3) is 2.74. The molecule has 118 valence electrons. The van der Waals surface area contributed by atoms with E-state index in [4.69, 9.17) is 12.2 Å². The van der Waals surface area contributed by atoms with E-state index in [1.54, 1.807) is 18.5 Å². The predicted octanol–water partition coefficient (Wildman–Crippen LogP) is 2.06. The molecule has 23 heavy (non-hydrogen) atoms. The zero-order valence-corrected chi connectivity index (χ0v) is 13.5. The molecular formula is C17H18N4OS. The fraction of sp³-hybridized carbons (Fsp3) is 0.353. The van der Waals surface area contributed by atoms with Crippen molar-refractivity contribution in [3.63, 3.8) is 0 Å². The Bertz CT molecular complexity index is 789. The molecule has 6 heteroatoms. The maximum Gasteiger partial charge on any atom is 0.250 e. The van der Waals surface area contributed by atoms with Gasteiger partial charge in [-0.1, -0.05) is 6.07 Å². The average molecular weight is 326 g/mol. The third-order valence-electron chi connectivity index (χ3n) is 4.68. The highest BCUT2D eigenvalue weighted by Gasteiger charge is 2.35. The topological polar surface area (TPSA) is 50.2 Å². The monoisotopic (exact) mass is 326 g/mol. The minimum absolute atomic E-state index is 0.113. The van der Waals surface area contributed by atoms with E-state index >= 15 is 0 Å². The first-order valence-corrected chi connectivity index (χ1v) is 8.27. The maximum absolute atomic E-state index is 12.1. The van der Waals surface area contributed by atoms with Crippen LogP contribution in [0.1, 0.15) is 18.0 Å². The number of hydrogen-bond acceptors (Lipinski definition) is 3. The number of thiocarbonyl (C=S) groups is 1. The normalized spacial score (nSPS) is 22.3. The van der Waals surface area contributed by atoms with Crippen molar-refractivity contribution in [2.24, 2.45) is 5.92 Å². The second-order valence-electron chi connectivity index (χ2n) is 6.27. The SMILES string of the molecule is O=c1cccc2n1CC1CC2CN(C(=S)Nc2cccnc2)C1. The van der Waals surface area contributed by atoms with Gasteiger partial charge in [0.15, 0.2) is 5.11 Å². The van der Waals surface area contributed by atoms with Crippen molar-refractivity contribution in [2.75, 3.05) is 18.4 Å². The van der Waals surface area contributed by atoms with Gasteiger partial charge in [-0.2, -0.15) is 0 Å². The maximum atomic E-state index is 12.1. The van der Waals surface area contributed by atoms with E-state index in [0.717, 1.165) is 42.5 Å². The largest absolute Gasteiger partial charge is 0.348 e. The van der Waals surface area contributed by atoms with Crippen molar-refractivity contribution < 1.29 is 0 Å². The fourth-order valence-electron chi connectivity index (χ4n) is 3.70. The number of rotatable bonds is 1. The molecule has 0 amide bonds. The Morgan fingerprint density at radius 3 is 2.96 bits per heavy atom. The lowest BCUT2D eigenvalue weighted by molar-refractivity contribution is 0.180. The summed E-state index contributed by atoms with van der Waals surface area (Å²) in [7, 11) is 0. The zero-order valence-electron chi connectivity index (χ0n) is 12.7. The number of hydrogen-bond donors (Lipinski definition) is 1. The van der Waals surface area contributed by atoms with Crippen LogP contribution in [-0.4, -0.2) is 32.7 Å². The van der Waals surface area contributed by atoms with Crippen LogP contribution < -0.4 is 10.9 Å². The van der Waals surface area contributed by atoms with E-state index in [1.807, 2.05) is 22.8 Å². The number of pyridine rings is 2. The van der Waals surface area contributed by atoms with Crippen LogP contribution in [0.3, 0.4) is 0 Å². The highest BCUT2D eigenvalue weighted by atomic mass is 32.1. The number of aromatic nitrogens is 2. The third-order valence-corrected chi connectivity index (χ3v) is 5.04. The van der Waals surface area contributed by atoms with Gasteiger partial charge < -0.3 is 14.8 Å². The Balaban J connectivity index is 1.54. The van der Waals surface area contributed by atoms with Crippen LogP contribution in [0.2, 0.25) is 0 Å². The van der Waals surface area contributed by atoms with Gasteiger partial charge in [-0.25, -0.2) is 0 Å². The van der Waals surface area contributed by atoms with E-state index < -0.39 is 0 Å². The summed E-state index contributed by atoms with van der Waals surface area (Å²) in [6.07, 6.45) is 4.65. The van der Waals surface area contributed by atoms with Gasteiger partial charge in [0.1, 0.15) is 0 Å². The number of fused-ring (bicyclic) bond motifs is 4. The molecule has 0 radical (unpaired) electrons. The molecule has 2 bridgehead atoms. The molecule has 0 spiro atoms. The van der Waals surface area contributed by atoms with Crippen LogP contribution in [0.5, 0.6) is 0 Å². The molecule has 2 aromatic heterocycles. The molecule has 0 saturated carbocycles. The average Bonchev–Trinajstić information content (AvgIpc) is 2.57. The van der Waals surface area contributed by atoms with Gasteiger partial charge in [0.25, 0.3) is 5.56 Å². The molecule has 2 unspecified atom stereocenters. The Morgan fingerprint density at radius 2 is 2.13 bits per heavy atom. The van der Waals surface area contributed by atoms with E-state index in [9.17, 15) is 4.79 Å². The summed E-state index contributed by atoms with van der Waals surface area (Å²) in [5.41, 5.74) is 2.16. The lowest BCUT2D eigenvalue weighted by atomic mass is 9.83. The molecule has 2 atom stereocenters. The van der Waals surface area contributed by atoms with Crippen molar-refractivity contribution in [3.05, 3.63) is 58.8 Å². The summed E-state index contributed by atoms with van der Waals surface area (Å²) in [4.78, 5) is 18.4. The number of anilines is 1. The Morgan fingerprint density at radius 1 is 1.22 bits per heavy atom. The van der Waals surface area contributed by atoms with E-state index in [2.05, 4.69) is 21.3 Å². The standard InChI is InChI=1S/C17H18N4OS/c22-16-5-1-4-15-13-7-12(10-21(15)16)9-20(11-13)17(23)19-14-3-2-6-18-8-14/h1-6,8,12-13H,7,9-11H2,(H,19,23). The second-order valence-corrected chi connectivity index (χ2v) is 6.66. The number of piperidine rings is 1. The highest BCUT2D eigenvalue weighted by molar-refractivity contribution is 7.80. The first kappa shape index (κ1) is 14.4. The van der Waals surface area contributed by atoms with Gasteiger partial charge in [0, 0.05) is 43.5 Å². The van der Waals surface area contributed by atoms with Crippen LogP contribution in [-0.2, 0) is 6.54 Å². The zero-order chi connectivity index (χ0) is 15.8. The summed E-state index contributed by atoms with van der Waals surface area (Å²) >= 11 is 5.58. The fourth-order valence-corrected chi connectivity index (χ4v) is 3.97. The molecule has 0 aliphatic carbocycles. The first-order valence-electron chi connectivity index (χ1n) is 7.86. The quantitative estimate of drug-likeness (QED) is 0.813. The van der Waals surface area contributed by atoms with Crippen LogP contribution in [0.4, 0.5) is 5.69 Å². The van der Waals surface area contributed by atoms with Gasteiger partial charge in [-0.15, -0.1) is 0 Å². The number of likely N-dealkylation sites (tertiary alicyclic amines) is 1. The Kier molecular flexibility index (Phi) is 3.61. The van der Waals surface area contributed by atoms with Gasteiger partial charge in [-0.3, -0.25) is 9.78 Å². The molecule has 4 heterocycles. The van der Waals surface area contributed by atoms with Crippen LogP contribution >= 0.6 is 12.2 Å². The van der Waals surface area contributed by atoms with E-state index in [0.29, 0.717) is 11.8 Å². The molecule has 1 saturated heterocycles. The Hall–Kier alpha value is -2.21. The van der Waals surface area contributed by atoms with Crippen molar-refractivity contribution >= 4 is 23.0 Å². The van der Waals surface area contributed by atoms with Gasteiger partial charge >= 0.3 is 0 Å². The van der Waals surface area contributed by atoms with Gasteiger partial charge in [0.05, 0.1) is 11.9 Å². The number of nitrogens with zero attached hydrogens (tertiary/aromatic N) is 3. The van der Waals surface area contributed by atoms with Crippen molar-refractivity contribution in [1.29, 1.82) is 0 Å². The molecule has 5 nitrogen and oxygen atoms in total. The summed E-state index contributed by atoms with van der Waals surface area (Å²) in [5, 5.41) is 4.00. The molecule has 2 aliphatic rings. The summed E-state index contributed by atoms with van der Waals surface area (Å²) in [6, 6.07) is 9.43. The van der Waals surface area contributed by atoms with E-state index in [1.165, 1.54) is 0 Å². The summed E-state index contributed by atoms with van der Waals surface area (Å²) < 4.78 is 1.94. The lowest BCUT2D eigenvalue weighted by Crippen LogP contribution is -2.50. The molecule has 4 rings (SSSR count). The highest BCUT2D eigenvalue weighted by Crippen LogP contribution is 2.35. The van der Waals surface area contributed by atoms with Crippen molar-refractivity contribution in [3.8, 4) is 0 Å². The van der Waals surface area contributed by atoms with Crippen molar-refractivity contribution in [1.82, 2.24) is 14.5 Å². The van der Waals surface area contributed by atoms with Crippen LogP contribution in [0, 0.1) is 5.92 Å². The predicted molar refractivity (Wildman–Crippen MR) is 93.6 cm³/mol. The van der Waals surface area contributed by atoms with Crippen LogP contribution in [0.15, 0.2) is 47.5 Å². The smallest absolute Gasteiger partial charge is 0.250 e. The van der Waals surface area contributed by atoms with Gasteiger partial charge in [-0.05, 0) is 42.8 Å².